The molecule has 1 aromatic carbocycles. The molecule has 5 heteroatoms. The molecule has 0 bridgehead atoms. The monoisotopic (exact) mass is 347 g/mol. The number of thiocarbonyl (C=S) groups is 1. The third-order valence-electron chi connectivity index (χ3n) is 5.19. The first-order valence-corrected chi connectivity index (χ1v) is 9.47. The zero-order valence-corrected chi connectivity index (χ0v) is 15.6. The van der Waals surface area contributed by atoms with E-state index in [1.807, 2.05) is 0 Å². The smallest absolute Gasteiger partial charge is 0.173 e. The Hall–Kier alpha value is -1.17. The van der Waals surface area contributed by atoms with Crippen molar-refractivity contribution in [2.45, 2.75) is 44.8 Å². The Bertz CT molecular complexity index is 534. The lowest BCUT2D eigenvalue weighted by Crippen LogP contribution is -2.48. The molecule has 2 fully saturated rings. The van der Waals surface area contributed by atoms with Crippen molar-refractivity contribution in [3.05, 3.63) is 29.8 Å². The number of ether oxygens (including phenoxy) is 1. The number of rotatable bonds is 4. The summed E-state index contributed by atoms with van der Waals surface area (Å²) < 4.78 is 5.77. The number of anilines is 1. The minimum Gasteiger partial charge on any atom is -0.377 e. The summed E-state index contributed by atoms with van der Waals surface area (Å²) in [7, 11) is 2.24. The molecule has 132 valence electrons. The highest BCUT2D eigenvalue weighted by molar-refractivity contribution is 7.80. The molecule has 24 heavy (non-hydrogen) atoms. The zero-order chi connectivity index (χ0) is 16.9. The molecule has 1 N–H and O–H groups in total. The summed E-state index contributed by atoms with van der Waals surface area (Å²) in [6.45, 7) is 6.16. The number of hydrogen-bond acceptors (Lipinski definition) is 3. The molecule has 0 amide bonds. The standard InChI is InChI=1S/C19H29N3OS/c1-15-5-7-16(8-6-15)20-19(24)22-11-9-17(10-12-22)21(2)14-18-4-3-13-23-18/h5-8,17-18H,3-4,9-14H2,1-2H3,(H,20,24)/t18-/m1/s1. The number of nitrogens with zero attached hydrogens (tertiary/aromatic N) is 2. The van der Waals surface area contributed by atoms with Gasteiger partial charge in [0.15, 0.2) is 5.11 Å². The van der Waals surface area contributed by atoms with Crippen LogP contribution in [0.15, 0.2) is 24.3 Å². The zero-order valence-electron chi connectivity index (χ0n) is 14.8. The Labute approximate surface area is 151 Å². The van der Waals surface area contributed by atoms with Gasteiger partial charge in [0.25, 0.3) is 0 Å². The maximum atomic E-state index is 5.77. The fourth-order valence-corrected chi connectivity index (χ4v) is 3.91. The Balaban J connectivity index is 1.43. The van der Waals surface area contributed by atoms with E-state index in [1.54, 1.807) is 0 Å². The summed E-state index contributed by atoms with van der Waals surface area (Å²) in [5, 5.41) is 4.21. The molecular formula is C19H29N3OS. The Morgan fingerprint density at radius 2 is 1.96 bits per heavy atom. The summed E-state index contributed by atoms with van der Waals surface area (Å²) in [6, 6.07) is 9.04. The molecular weight excluding hydrogens is 318 g/mol. The molecule has 3 rings (SSSR count). The maximum absolute atomic E-state index is 5.77. The average Bonchev–Trinajstić information content (AvgIpc) is 3.10. The molecule has 0 unspecified atom stereocenters. The minimum atomic E-state index is 0.442. The normalized spacial score (nSPS) is 22.1. The highest BCUT2D eigenvalue weighted by Gasteiger charge is 2.26. The largest absolute Gasteiger partial charge is 0.377 e. The summed E-state index contributed by atoms with van der Waals surface area (Å²) in [5.41, 5.74) is 2.34. The number of nitrogens with one attached hydrogen (secondary N) is 1. The van der Waals surface area contributed by atoms with Gasteiger partial charge in [0, 0.05) is 38.0 Å². The molecule has 1 atom stereocenters. The van der Waals surface area contributed by atoms with Gasteiger partial charge in [-0.2, -0.15) is 0 Å². The quantitative estimate of drug-likeness (QED) is 0.844. The molecule has 0 aromatic heterocycles. The van der Waals surface area contributed by atoms with Gasteiger partial charge in [-0.05, 0) is 64.0 Å². The van der Waals surface area contributed by atoms with Crippen LogP contribution in [-0.2, 0) is 4.74 Å². The Kier molecular flexibility index (Phi) is 6.09. The first-order valence-electron chi connectivity index (χ1n) is 9.06. The minimum absolute atomic E-state index is 0.442. The van der Waals surface area contributed by atoms with Crippen molar-refractivity contribution < 1.29 is 4.74 Å². The van der Waals surface area contributed by atoms with Crippen molar-refractivity contribution in [1.29, 1.82) is 0 Å². The second kappa shape index (κ2) is 8.28. The summed E-state index contributed by atoms with van der Waals surface area (Å²) in [5.74, 6) is 0. The highest BCUT2D eigenvalue weighted by Crippen LogP contribution is 2.20. The van der Waals surface area contributed by atoms with E-state index in [9.17, 15) is 0 Å². The molecule has 0 spiro atoms. The molecule has 2 saturated heterocycles. The van der Waals surface area contributed by atoms with Crippen molar-refractivity contribution in [3.63, 3.8) is 0 Å². The number of likely N-dealkylation sites (N-methyl/N-ethyl adjacent to an activating group) is 1. The van der Waals surface area contributed by atoms with Crippen molar-refractivity contribution in [2.24, 2.45) is 0 Å². The third-order valence-corrected chi connectivity index (χ3v) is 5.55. The average molecular weight is 348 g/mol. The van der Waals surface area contributed by atoms with Gasteiger partial charge < -0.3 is 19.9 Å². The van der Waals surface area contributed by atoms with E-state index < -0.39 is 0 Å². The SMILES string of the molecule is Cc1ccc(NC(=S)N2CCC(N(C)C[C@H]3CCCO3)CC2)cc1. The number of likely N-dealkylation sites (tertiary alicyclic amines) is 1. The van der Waals surface area contributed by atoms with E-state index in [0.29, 0.717) is 12.1 Å². The molecule has 2 heterocycles. The van der Waals surface area contributed by atoms with Crippen LogP contribution >= 0.6 is 12.2 Å². The first-order chi connectivity index (χ1) is 11.6. The second-order valence-corrected chi connectivity index (χ2v) is 7.48. The fraction of sp³-hybridized carbons (Fsp3) is 0.632. The summed E-state index contributed by atoms with van der Waals surface area (Å²) in [4.78, 5) is 4.79. The molecule has 4 nitrogen and oxygen atoms in total. The van der Waals surface area contributed by atoms with E-state index in [1.165, 1.54) is 31.2 Å². The van der Waals surface area contributed by atoms with Crippen molar-refractivity contribution in [3.8, 4) is 0 Å². The predicted octanol–water partition coefficient (Wildman–Crippen LogP) is 3.27. The van der Waals surface area contributed by atoms with Crippen LogP contribution in [0.2, 0.25) is 0 Å². The van der Waals surface area contributed by atoms with Crippen molar-refractivity contribution in [1.82, 2.24) is 9.80 Å². The van der Waals surface area contributed by atoms with E-state index in [2.05, 4.69) is 53.4 Å². The van der Waals surface area contributed by atoms with E-state index in [0.717, 1.165) is 37.0 Å². The summed E-state index contributed by atoms with van der Waals surface area (Å²) in [6.07, 6.45) is 5.21. The van der Waals surface area contributed by atoms with Gasteiger partial charge >= 0.3 is 0 Å². The second-order valence-electron chi connectivity index (χ2n) is 7.09. The van der Waals surface area contributed by atoms with E-state index >= 15 is 0 Å². The van der Waals surface area contributed by atoms with Crippen LogP contribution in [0, 0.1) is 6.92 Å². The van der Waals surface area contributed by atoms with E-state index in [4.69, 9.17) is 17.0 Å². The Morgan fingerprint density at radius 3 is 2.58 bits per heavy atom. The third kappa shape index (κ3) is 4.68. The van der Waals surface area contributed by atoms with Crippen LogP contribution in [0.1, 0.15) is 31.2 Å². The molecule has 0 radical (unpaired) electrons. The highest BCUT2D eigenvalue weighted by atomic mass is 32.1. The number of benzene rings is 1. The van der Waals surface area contributed by atoms with Gasteiger partial charge in [-0.25, -0.2) is 0 Å². The van der Waals surface area contributed by atoms with Crippen LogP contribution in [0.5, 0.6) is 0 Å². The molecule has 1 aromatic rings. The van der Waals surface area contributed by atoms with Gasteiger partial charge in [-0.3, -0.25) is 0 Å². The van der Waals surface area contributed by atoms with Crippen LogP contribution in [0.4, 0.5) is 5.69 Å². The lowest BCUT2D eigenvalue weighted by atomic mass is 10.0. The predicted molar refractivity (Wildman–Crippen MR) is 104 cm³/mol. The van der Waals surface area contributed by atoms with Gasteiger partial charge in [0.05, 0.1) is 6.10 Å². The summed E-state index contributed by atoms with van der Waals surface area (Å²) >= 11 is 5.59. The number of aryl methyl sites for hydroxylation is 1. The van der Waals surface area contributed by atoms with E-state index in [-0.39, 0.29) is 0 Å². The first kappa shape index (κ1) is 17.6. The fourth-order valence-electron chi connectivity index (χ4n) is 3.61. The lowest BCUT2D eigenvalue weighted by Gasteiger charge is -2.38. The molecule has 2 aliphatic rings. The number of hydrogen-bond donors (Lipinski definition) is 1. The van der Waals surface area contributed by atoms with Gasteiger partial charge in [0.2, 0.25) is 0 Å². The van der Waals surface area contributed by atoms with Gasteiger partial charge in [0.1, 0.15) is 0 Å². The van der Waals surface area contributed by atoms with Crippen LogP contribution in [0.25, 0.3) is 0 Å². The van der Waals surface area contributed by atoms with Crippen LogP contribution in [0.3, 0.4) is 0 Å². The molecule has 0 saturated carbocycles. The van der Waals surface area contributed by atoms with Gasteiger partial charge in [-0.15, -0.1) is 0 Å². The lowest BCUT2D eigenvalue weighted by molar-refractivity contribution is 0.0576. The van der Waals surface area contributed by atoms with Crippen molar-refractivity contribution in [2.75, 3.05) is 38.6 Å². The van der Waals surface area contributed by atoms with Crippen LogP contribution in [-0.4, -0.2) is 60.3 Å². The molecule has 0 aliphatic carbocycles. The van der Waals surface area contributed by atoms with Crippen LogP contribution < -0.4 is 5.32 Å². The molecule has 2 aliphatic heterocycles. The Morgan fingerprint density at radius 1 is 1.25 bits per heavy atom. The van der Waals surface area contributed by atoms with Gasteiger partial charge in [-0.1, -0.05) is 17.7 Å². The number of piperidine rings is 1. The maximum Gasteiger partial charge on any atom is 0.173 e. The topological polar surface area (TPSA) is 27.7 Å². The van der Waals surface area contributed by atoms with Crippen molar-refractivity contribution >= 4 is 23.0 Å².